The van der Waals surface area contributed by atoms with Crippen LogP contribution in [0.5, 0.6) is 0 Å². The van der Waals surface area contributed by atoms with E-state index in [0.29, 0.717) is 6.42 Å². The third-order valence-electron chi connectivity index (χ3n) is 8.15. The van der Waals surface area contributed by atoms with Gasteiger partial charge in [-0.2, -0.15) is 0 Å². The van der Waals surface area contributed by atoms with Gasteiger partial charge in [0.05, 0.1) is 31.3 Å². The molecule has 4 N–H and O–H groups in total. The Hall–Kier alpha value is -1.43. The van der Waals surface area contributed by atoms with Crippen LogP contribution in [0.25, 0.3) is 0 Å². The fraction of sp³-hybridized carbons (Fsp3) is 0.816. The van der Waals surface area contributed by atoms with Crippen molar-refractivity contribution in [3.63, 3.8) is 0 Å². The number of carbonyl (C=O) groups excluding carboxylic acids is 1. The minimum absolute atomic E-state index is 0.00570. The first-order valence-electron chi connectivity index (χ1n) is 18.3. The van der Waals surface area contributed by atoms with E-state index in [2.05, 4.69) is 43.5 Å². The molecule has 0 aromatic rings. The molecule has 0 aliphatic carbocycles. The molecule has 0 aromatic heterocycles. The summed E-state index contributed by atoms with van der Waals surface area (Å²) in [5.41, 5.74) is 0. The van der Waals surface area contributed by atoms with Crippen LogP contribution in [-0.2, 0) is 4.79 Å². The maximum absolute atomic E-state index is 12.3. The second-order valence-electron chi connectivity index (χ2n) is 12.5. The molecule has 0 aromatic carbocycles. The molecule has 0 saturated carbocycles. The Labute approximate surface area is 266 Å². The molecule has 0 radical (unpaired) electrons. The predicted molar refractivity (Wildman–Crippen MR) is 185 cm³/mol. The number of unbranched alkanes of at least 4 members (excludes halogenated alkanes) is 19. The Morgan fingerprint density at radius 2 is 1.00 bits per heavy atom. The Morgan fingerprint density at radius 3 is 1.53 bits per heavy atom. The molecular weight excluding hydrogens is 534 g/mol. The normalized spacial score (nSPS) is 14.3. The summed E-state index contributed by atoms with van der Waals surface area (Å²) in [6, 6.07) is -0.763. The van der Waals surface area contributed by atoms with Gasteiger partial charge in [0.15, 0.2) is 0 Å². The molecular formula is C38H71NO4. The minimum atomic E-state index is -0.953. The highest BCUT2D eigenvalue weighted by Gasteiger charge is 2.20. The molecule has 0 aliphatic heterocycles. The van der Waals surface area contributed by atoms with Crippen molar-refractivity contribution in [2.45, 2.75) is 193 Å². The summed E-state index contributed by atoms with van der Waals surface area (Å²) in [6.45, 7) is 4.14. The fourth-order valence-electron chi connectivity index (χ4n) is 5.29. The fourth-order valence-corrected chi connectivity index (χ4v) is 5.29. The van der Waals surface area contributed by atoms with E-state index in [1.165, 1.54) is 96.3 Å². The molecule has 0 heterocycles. The molecule has 252 valence electrons. The first kappa shape index (κ1) is 41.6. The van der Waals surface area contributed by atoms with Crippen LogP contribution in [-0.4, -0.2) is 46.1 Å². The summed E-state index contributed by atoms with van der Waals surface area (Å²) in [7, 11) is 0. The molecule has 0 bridgehead atoms. The summed E-state index contributed by atoms with van der Waals surface area (Å²) in [4.78, 5) is 12.3. The van der Waals surface area contributed by atoms with Crippen LogP contribution in [0, 0.1) is 0 Å². The summed E-state index contributed by atoms with van der Waals surface area (Å²) in [5.74, 6) is -0.338. The summed E-state index contributed by atoms with van der Waals surface area (Å²) in [6.07, 6.45) is 39.9. The van der Waals surface area contributed by atoms with Crippen LogP contribution < -0.4 is 5.32 Å². The summed E-state index contributed by atoms with van der Waals surface area (Å²) >= 11 is 0. The Morgan fingerprint density at radius 1 is 0.581 bits per heavy atom. The smallest absolute Gasteiger partial charge is 0.222 e. The van der Waals surface area contributed by atoms with Gasteiger partial charge in [0.2, 0.25) is 5.91 Å². The van der Waals surface area contributed by atoms with Crippen molar-refractivity contribution in [2.24, 2.45) is 0 Å². The van der Waals surface area contributed by atoms with Crippen LogP contribution in [0.15, 0.2) is 36.5 Å². The van der Waals surface area contributed by atoms with Gasteiger partial charge in [0, 0.05) is 0 Å². The average Bonchev–Trinajstić information content (AvgIpc) is 3.00. The Kier molecular flexibility index (Phi) is 32.3. The standard InChI is InChI=1S/C38H71NO4/c1-3-5-7-9-11-13-15-16-17-18-19-20-21-22-24-26-28-30-32-37(42)36(34-40)39-38(43)33-35(41)31-29-27-25-23-14-12-10-8-6-4-2/h12,14,22,24,30,32,35-37,40-42H,3-11,13,15-21,23,25-29,31,33-34H2,1-2H3,(H,39,43)/b14-12-,24-22+,32-30+. The maximum atomic E-state index is 12.3. The molecule has 43 heavy (non-hydrogen) atoms. The van der Waals surface area contributed by atoms with Crippen molar-refractivity contribution in [1.82, 2.24) is 5.32 Å². The third kappa shape index (κ3) is 30.4. The quantitative estimate of drug-likeness (QED) is 0.0454. The highest BCUT2D eigenvalue weighted by molar-refractivity contribution is 5.76. The van der Waals surface area contributed by atoms with Crippen LogP contribution >= 0.6 is 0 Å². The lowest BCUT2D eigenvalue weighted by Gasteiger charge is -2.20. The summed E-state index contributed by atoms with van der Waals surface area (Å²) < 4.78 is 0. The van der Waals surface area contributed by atoms with E-state index >= 15 is 0 Å². The number of allylic oxidation sites excluding steroid dienone is 5. The highest BCUT2D eigenvalue weighted by Crippen LogP contribution is 2.13. The first-order chi connectivity index (χ1) is 21.0. The second kappa shape index (κ2) is 33.5. The topological polar surface area (TPSA) is 89.8 Å². The average molecular weight is 606 g/mol. The number of hydrogen-bond donors (Lipinski definition) is 4. The molecule has 0 aliphatic rings. The molecule has 0 rings (SSSR count). The lowest BCUT2D eigenvalue weighted by atomic mass is 10.0. The van der Waals surface area contributed by atoms with Crippen LogP contribution in [0.3, 0.4) is 0 Å². The van der Waals surface area contributed by atoms with Gasteiger partial charge in [-0.05, 0) is 57.8 Å². The number of rotatable bonds is 32. The predicted octanol–water partition coefficient (Wildman–Crippen LogP) is 9.65. The molecule has 3 atom stereocenters. The van der Waals surface area contributed by atoms with Crippen molar-refractivity contribution in [3.8, 4) is 0 Å². The number of hydrogen-bond acceptors (Lipinski definition) is 4. The molecule has 0 saturated heterocycles. The van der Waals surface area contributed by atoms with Crippen LogP contribution in [0.2, 0.25) is 0 Å². The van der Waals surface area contributed by atoms with E-state index in [1.54, 1.807) is 6.08 Å². The van der Waals surface area contributed by atoms with E-state index in [0.717, 1.165) is 51.4 Å². The molecule has 3 unspecified atom stereocenters. The monoisotopic (exact) mass is 606 g/mol. The van der Waals surface area contributed by atoms with Gasteiger partial charge < -0.3 is 20.6 Å². The van der Waals surface area contributed by atoms with E-state index < -0.39 is 18.2 Å². The Bertz CT molecular complexity index is 675. The molecule has 5 nitrogen and oxygen atoms in total. The van der Waals surface area contributed by atoms with E-state index in [-0.39, 0.29) is 18.9 Å². The van der Waals surface area contributed by atoms with Gasteiger partial charge in [-0.15, -0.1) is 0 Å². The van der Waals surface area contributed by atoms with Gasteiger partial charge in [0.25, 0.3) is 0 Å². The van der Waals surface area contributed by atoms with Crippen molar-refractivity contribution < 1.29 is 20.1 Å². The maximum Gasteiger partial charge on any atom is 0.222 e. The molecule has 0 spiro atoms. The zero-order chi connectivity index (χ0) is 31.6. The third-order valence-corrected chi connectivity index (χ3v) is 8.15. The number of aliphatic hydroxyl groups is 3. The number of amides is 1. The molecule has 5 heteroatoms. The van der Waals surface area contributed by atoms with Crippen LogP contribution in [0.4, 0.5) is 0 Å². The SMILES string of the molecule is CCCCC/C=C\CCCCCC(O)CC(=O)NC(CO)C(O)/C=C/CC/C=C/CCCCCCCCCCCCCC. The molecule has 0 fully saturated rings. The van der Waals surface area contributed by atoms with Crippen molar-refractivity contribution >= 4 is 5.91 Å². The van der Waals surface area contributed by atoms with E-state index in [9.17, 15) is 20.1 Å². The van der Waals surface area contributed by atoms with Gasteiger partial charge in [-0.1, -0.05) is 147 Å². The Balaban J connectivity index is 3.80. The van der Waals surface area contributed by atoms with E-state index in [1.807, 2.05) is 6.08 Å². The summed E-state index contributed by atoms with van der Waals surface area (Å²) in [5, 5.41) is 32.9. The number of aliphatic hydroxyl groups excluding tert-OH is 3. The zero-order valence-electron chi connectivity index (χ0n) is 28.3. The van der Waals surface area contributed by atoms with E-state index in [4.69, 9.17) is 0 Å². The number of nitrogens with one attached hydrogen (secondary N) is 1. The number of carbonyl (C=O) groups is 1. The van der Waals surface area contributed by atoms with Crippen molar-refractivity contribution in [1.29, 1.82) is 0 Å². The minimum Gasteiger partial charge on any atom is -0.394 e. The second-order valence-corrected chi connectivity index (χ2v) is 12.5. The largest absolute Gasteiger partial charge is 0.394 e. The van der Waals surface area contributed by atoms with Gasteiger partial charge in [-0.25, -0.2) is 0 Å². The van der Waals surface area contributed by atoms with Crippen molar-refractivity contribution in [2.75, 3.05) is 6.61 Å². The van der Waals surface area contributed by atoms with Gasteiger partial charge >= 0.3 is 0 Å². The molecule has 1 amide bonds. The van der Waals surface area contributed by atoms with Gasteiger partial charge in [-0.3, -0.25) is 4.79 Å². The van der Waals surface area contributed by atoms with Crippen LogP contribution in [0.1, 0.15) is 174 Å². The highest BCUT2D eigenvalue weighted by atomic mass is 16.3. The zero-order valence-corrected chi connectivity index (χ0v) is 28.3. The lowest BCUT2D eigenvalue weighted by molar-refractivity contribution is -0.124. The van der Waals surface area contributed by atoms with Gasteiger partial charge in [0.1, 0.15) is 0 Å². The first-order valence-corrected chi connectivity index (χ1v) is 18.3. The van der Waals surface area contributed by atoms with Crippen molar-refractivity contribution in [3.05, 3.63) is 36.5 Å². The lowest BCUT2D eigenvalue weighted by Crippen LogP contribution is -2.45.